The lowest BCUT2D eigenvalue weighted by Gasteiger charge is -2.25. The molecule has 0 saturated carbocycles. The Hall–Kier alpha value is -0.850. The molecule has 0 radical (unpaired) electrons. The molecule has 0 atom stereocenters. The van der Waals surface area contributed by atoms with Crippen molar-refractivity contribution >= 4 is 16.5 Å². The maximum absolute atomic E-state index is 12.3. The molecular formula is C8H10F3N3S. The van der Waals surface area contributed by atoms with Gasteiger partial charge in [0.05, 0.1) is 0 Å². The third-order valence-corrected chi connectivity index (χ3v) is 3.31. The van der Waals surface area contributed by atoms with Crippen molar-refractivity contribution in [1.29, 1.82) is 0 Å². The summed E-state index contributed by atoms with van der Waals surface area (Å²) in [4.78, 5) is 1.87. The first-order chi connectivity index (χ1) is 7.07. The van der Waals surface area contributed by atoms with Gasteiger partial charge < -0.3 is 4.90 Å². The zero-order valence-electron chi connectivity index (χ0n) is 7.92. The molecule has 84 valence electrons. The number of nitrogens with zero attached hydrogens (tertiary/aromatic N) is 3. The molecule has 2 rings (SSSR count). The molecule has 3 nitrogen and oxygen atoms in total. The SMILES string of the molecule is FC(F)(F)c1nnc(N2CCCCC2)s1. The average Bonchev–Trinajstić information content (AvgIpc) is 2.67. The summed E-state index contributed by atoms with van der Waals surface area (Å²) in [6.07, 6.45) is -1.20. The topological polar surface area (TPSA) is 29.0 Å². The minimum Gasteiger partial charge on any atom is -0.347 e. The third-order valence-electron chi connectivity index (χ3n) is 2.28. The first-order valence-corrected chi connectivity index (χ1v) is 5.54. The van der Waals surface area contributed by atoms with Gasteiger partial charge in [-0.3, -0.25) is 0 Å². The van der Waals surface area contributed by atoms with E-state index in [9.17, 15) is 13.2 Å². The van der Waals surface area contributed by atoms with E-state index in [1.807, 2.05) is 4.90 Å². The van der Waals surface area contributed by atoms with Crippen molar-refractivity contribution in [2.45, 2.75) is 25.4 Å². The Balaban J connectivity index is 2.12. The number of hydrogen-bond donors (Lipinski definition) is 0. The molecule has 1 aliphatic heterocycles. The lowest BCUT2D eigenvalue weighted by atomic mass is 10.1. The van der Waals surface area contributed by atoms with E-state index in [2.05, 4.69) is 10.2 Å². The zero-order valence-corrected chi connectivity index (χ0v) is 8.74. The highest BCUT2D eigenvalue weighted by molar-refractivity contribution is 7.15. The van der Waals surface area contributed by atoms with Gasteiger partial charge in [0, 0.05) is 13.1 Å². The quantitative estimate of drug-likeness (QED) is 0.751. The Morgan fingerprint density at radius 3 is 2.27 bits per heavy atom. The molecule has 0 amide bonds. The van der Waals surface area contributed by atoms with E-state index in [1.165, 1.54) is 0 Å². The predicted octanol–water partition coefficient (Wildman–Crippen LogP) is 2.55. The van der Waals surface area contributed by atoms with Crippen LogP contribution in [0.1, 0.15) is 24.3 Å². The number of halogens is 3. The molecule has 0 N–H and O–H groups in total. The normalized spacial score (nSPS) is 18.2. The van der Waals surface area contributed by atoms with Crippen molar-refractivity contribution in [3.63, 3.8) is 0 Å². The highest BCUT2D eigenvalue weighted by Crippen LogP contribution is 2.34. The van der Waals surface area contributed by atoms with Crippen LogP contribution in [0, 0.1) is 0 Å². The van der Waals surface area contributed by atoms with Crippen LogP contribution in [0.25, 0.3) is 0 Å². The van der Waals surface area contributed by atoms with Gasteiger partial charge in [0.15, 0.2) is 0 Å². The summed E-state index contributed by atoms with van der Waals surface area (Å²) in [7, 11) is 0. The molecule has 15 heavy (non-hydrogen) atoms. The summed E-state index contributed by atoms with van der Waals surface area (Å²) >= 11 is 0.625. The Morgan fingerprint density at radius 1 is 1.07 bits per heavy atom. The minimum absolute atomic E-state index is 0.391. The summed E-state index contributed by atoms with van der Waals surface area (Å²) in [5.41, 5.74) is 0. The number of rotatable bonds is 1. The fourth-order valence-electron chi connectivity index (χ4n) is 1.54. The molecule has 0 unspecified atom stereocenters. The molecule has 0 spiro atoms. The average molecular weight is 237 g/mol. The number of hydrogen-bond acceptors (Lipinski definition) is 4. The van der Waals surface area contributed by atoms with Gasteiger partial charge >= 0.3 is 6.18 Å². The fraction of sp³-hybridized carbons (Fsp3) is 0.750. The monoisotopic (exact) mass is 237 g/mol. The van der Waals surface area contributed by atoms with E-state index in [0.29, 0.717) is 16.5 Å². The van der Waals surface area contributed by atoms with Crippen molar-refractivity contribution < 1.29 is 13.2 Å². The van der Waals surface area contributed by atoms with Crippen molar-refractivity contribution in [2.24, 2.45) is 0 Å². The van der Waals surface area contributed by atoms with Crippen LogP contribution >= 0.6 is 11.3 Å². The van der Waals surface area contributed by atoms with E-state index in [4.69, 9.17) is 0 Å². The van der Waals surface area contributed by atoms with Gasteiger partial charge in [0.2, 0.25) is 10.1 Å². The van der Waals surface area contributed by atoms with E-state index >= 15 is 0 Å². The molecule has 1 aromatic heterocycles. The molecular weight excluding hydrogens is 227 g/mol. The van der Waals surface area contributed by atoms with Crippen molar-refractivity contribution in [3.8, 4) is 0 Å². The fourth-order valence-corrected chi connectivity index (χ4v) is 2.31. The van der Waals surface area contributed by atoms with E-state index < -0.39 is 11.2 Å². The van der Waals surface area contributed by atoms with Gasteiger partial charge in [-0.2, -0.15) is 13.2 Å². The summed E-state index contributed by atoms with van der Waals surface area (Å²) in [5, 5.41) is 6.28. The van der Waals surface area contributed by atoms with Crippen LogP contribution in [0.4, 0.5) is 18.3 Å². The Kier molecular flexibility index (Phi) is 2.81. The number of anilines is 1. The largest absolute Gasteiger partial charge is 0.445 e. The zero-order chi connectivity index (χ0) is 10.9. The number of piperidine rings is 1. The van der Waals surface area contributed by atoms with Crippen molar-refractivity contribution in [1.82, 2.24) is 10.2 Å². The van der Waals surface area contributed by atoms with Crippen LogP contribution in [-0.2, 0) is 6.18 Å². The van der Waals surface area contributed by atoms with Crippen molar-refractivity contribution in [3.05, 3.63) is 5.01 Å². The lowest BCUT2D eigenvalue weighted by Crippen LogP contribution is -2.29. The molecule has 7 heteroatoms. The molecule has 1 aliphatic rings. The van der Waals surface area contributed by atoms with Gasteiger partial charge in [-0.1, -0.05) is 11.3 Å². The highest BCUT2D eigenvalue weighted by Gasteiger charge is 2.36. The summed E-state index contributed by atoms with van der Waals surface area (Å²) < 4.78 is 36.8. The van der Waals surface area contributed by atoms with Crippen LogP contribution in [0.5, 0.6) is 0 Å². The molecule has 0 aliphatic carbocycles. The highest BCUT2D eigenvalue weighted by atomic mass is 32.1. The maximum atomic E-state index is 12.3. The third kappa shape index (κ3) is 2.39. The second kappa shape index (κ2) is 3.96. The van der Waals surface area contributed by atoms with Crippen LogP contribution in [0.2, 0.25) is 0 Å². The lowest BCUT2D eigenvalue weighted by molar-refractivity contribution is -0.138. The standard InChI is InChI=1S/C8H10F3N3S/c9-8(10,11)6-12-13-7(15-6)14-4-2-1-3-5-14/h1-5H2. The molecule has 0 aromatic carbocycles. The number of alkyl halides is 3. The van der Waals surface area contributed by atoms with E-state index in [0.717, 1.165) is 32.4 Å². The van der Waals surface area contributed by atoms with Crippen LogP contribution in [0.15, 0.2) is 0 Å². The predicted molar refractivity (Wildman–Crippen MR) is 51.0 cm³/mol. The molecule has 0 bridgehead atoms. The van der Waals surface area contributed by atoms with Gasteiger partial charge in [-0.05, 0) is 19.3 Å². The molecule has 2 heterocycles. The van der Waals surface area contributed by atoms with Crippen molar-refractivity contribution in [2.75, 3.05) is 18.0 Å². The van der Waals surface area contributed by atoms with Gasteiger partial charge in [-0.15, -0.1) is 10.2 Å². The molecule has 1 fully saturated rings. The summed E-state index contributed by atoms with van der Waals surface area (Å²) in [6.45, 7) is 1.57. The molecule has 1 saturated heterocycles. The maximum Gasteiger partial charge on any atom is 0.445 e. The second-order valence-electron chi connectivity index (χ2n) is 3.44. The van der Waals surface area contributed by atoms with Crippen LogP contribution < -0.4 is 4.90 Å². The Bertz CT molecular complexity index is 330. The Labute approximate surface area is 88.9 Å². The van der Waals surface area contributed by atoms with Gasteiger partial charge in [-0.25, -0.2) is 0 Å². The first kappa shape index (κ1) is 10.7. The van der Waals surface area contributed by atoms with Crippen LogP contribution in [-0.4, -0.2) is 23.3 Å². The smallest absolute Gasteiger partial charge is 0.347 e. The summed E-state index contributed by atoms with van der Waals surface area (Å²) in [6, 6.07) is 0. The second-order valence-corrected chi connectivity index (χ2v) is 4.39. The molecule has 1 aromatic rings. The van der Waals surface area contributed by atoms with Gasteiger partial charge in [0.1, 0.15) is 0 Å². The Morgan fingerprint density at radius 2 is 1.73 bits per heavy atom. The number of aromatic nitrogens is 2. The van der Waals surface area contributed by atoms with Gasteiger partial charge in [0.25, 0.3) is 0 Å². The first-order valence-electron chi connectivity index (χ1n) is 4.73. The van der Waals surface area contributed by atoms with E-state index in [1.54, 1.807) is 0 Å². The van der Waals surface area contributed by atoms with E-state index in [-0.39, 0.29) is 0 Å². The van der Waals surface area contributed by atoms with Crippen LogP contribution in [0.3, 0.4) is 0 Å². The summed E-state index contributed by atoms with van der Waals surface area (Å²) in [5.74, 6) is 0. The minimum atomic E-state index is -4.37.